The third kappa shape index (κ3) is 2.19. The van der Waals surface area contributed by atoms with Crippen molar-refractivity contribution in [3.63, 3.8) is 0 Å². The average molecular weight is 181 g/mol. The van der Waals surface area contributed by atoms with Gasteiger partial charge in [-0.3, -0.25) is 4.79 Å². The molecule has 0 radical (unpaired) electrons. The number of carbonyl (C=O) groups excluding carboxylic acids is 1. The van der Waals surface area contributed by atoms with Crippen molar-refractivity contribution >= 4 is 5.78 Å². The van der Waals surface area contributed by atoms with Gasteiger partial charge in [0.25, 0.3) is 0 Å². The smallest absolute Gasteiger partial charge is 0.156 e. The number of ketones is 1. The van der Waals surface area contributed by atoms with Crippen LogP contribution in [0.2, 0.25) is 0 Å². The fourth-order valence-electron chi connectivity index (χ4n) is 2.23. The van der Waals surface area contributed by atoms with Crippen LogP contribution in [0.3, 0.4) is 0 Å². The lowest BCUT2D eigenvalue weighted by Gasteiger charge is -2.23. The molecule has 1 saturated heterocycles. The van der Waals surface area contributed by atoms with Gasteiger partial charge >= 0.3 is 0 Å². The molecule has 1 fully saturated rings. The molecule has 1 N–H and O–H groups in total. The van der Waals surface area contributed by atoms with E-state index in [1.807, 2.05) is 0 Å². The highest BCUT2D eigenvalue weighted by Crippen LogP contribution is 2.38. The highest BCUT2D eigenvalue weighted by atomic mass is 16.1. The zero-order chi connectivity index (χ0) is 8.44. The number of nitrogens with one attached hydrogen (secondary N) is 1. The van der Waals surface area contributed by atoms with Crippen LogP contribution < -0.4 is 5.32 Å². The summed E-state index contributed by atoms with van der Waals surface area (Å²) in [6.45, 7) is 2.18. The van der Waals surface area contributed by atoms with E-state index in [0.29, 0.717) is 5.78 Å². The molecule has 0 bridgehead atoms. The van der Waals surface area contributed by atoms with E-state index in [9.17, 15) is 4.79 Å². The summed E-state index contributed by atoms with van der Waals surface area (Å²) in [5.74, 6) is 0.317. The van der Waals surface area contributed by atoms with Crippen LogP contribution in [0, 0.1) is 5.41 Å². The first-order valence-electron chi connectivity index (χ1n) is 4.74. The minimum Gasteiger partial charge on any atom is -0.317 e. The molecule has 1 aliphatic heterocycles. The Kier molecular flexibility index (Phi) is 3.26. The molecule has 2 heteroatoms. The Hall–Kier alpha value is -0.630. The van der Waals surface area contributed by atoms with Crippen LogP contribution in [-0.2, 0) is 4.79 Å². The van der Waals surface area contributed by atoms with Crippen LogP contribution in [-0.4, -0.2) is 18.9 Å². The predicted octanol–water partition coefficient (Wildman–Crippen LogP) is 1.91. The van der Waals surface area contributed by atoms with Crippen molar-refractivity contribution in [3.05, 3.63) is 12.2 Å². The minimum absolute atomic E-state index is 0. The first-order chi connectivity index (χ1) is 5.81. The van der Waals surface area contributed by atoms with Gasteiger partial charge in [-0.15, -0.1) is 0 Å². The van der Waals surface area contributed by atoms with Gasteiger partial charge in [0, 0.05) is 6.42 Å². The second-order valence-corrected chi connectivity index (χ2v) is 3.94. The molecular weight excluding hydrogens is 162 g/mol. The van der Waals surface area contributed by atoms with E-state index in [1.54, 1.807) is 6.08 Å². The Morgan fingerprint density at radius 2 is 2.15 bits per heavy atom. The van der Waals surface area contributed by atoms with Crippen LogP contribution in [0.1, 0.15) is 33.1 Å². The molecule has 2 rings (SSSR count). The summed E-state index contributed by atoms with van der Waals surface area (Å²) >= 11 is 0. The SMILES string of the molecule is C.O=C1C=CC2(CCCNCC2)C1. The first kappa shape index (κ1) is 10.5. The first-order valence-corrected chi connectivity index (χ1v) is 4.74. The Bertz CT molecular complexity index is 212. The maximum Gasteiger partial charge on any atom is 0.156 e. The van der Waals surface area contributed by atoms with Crippen molar-refractivity contribution in [2.75, 3.05) is 13.1 Å². The fourth-order valence-corrected chi connectivity index (χ4v) is 2.23. The molecule has 0 aromatic carbocycles. The Labute approximate surface area is 80.4 Å². The van der Waals surface area contributed by atoms with E-state index in [2.05, 4.69) is 11.4 Å². The van der Waals surface area contributed by atoms with Crippen molar-refractivity contribution in [1.29, 1.82) is 0 Å². The second kappa shape index (κ2) is 4.05. The maximum atomic E-state index is 11.1. The lowest BCUT2D eigenvalue weighted by atomic mass is 9.80. The van der Waals surface area contributed by atoms with Gasteiger partial charge in [0.2, 0.25) is 0 Å². The van der Waals surface area contributed by atoms with Crippen molar-refractivity contribution in [2.45, 2.75) is 33.1 Å². The van der Waals surface area contributed by atoms with E-state index >= 15 is 0 Å². The van der Waals surface area contributed by atoms with Crippen LogP contribution >= 0.6 is 0 Å². The highest BCUT2D eigenvalue weighted by Gasteiger charge is 2.33. The van der Waals surface area contributed by atoms with Gasteiger partial charge in [0.15, 0.2) is 5.78 Å². The van der Waals surface area contributed by atoms with E-state index in [-0.39, 0.29) is 12.8 Å². The molecule has 1 heterocycles. The number of hydrogen-bond donors (Lipinski definition) is 1. The van der Waals surface area contributed by atoms with Crippen LogP contribution in [0.4, 0.5) is 0 Å². The van der Waals surface area contributed by atoms with E-state index < -0.39 is 0 Å². The average Bonchev–Trinajstić information content (AvgIpc) is 2.30. The molecule has 1 atom stereocenters. The summed E-state index contributed by atoms with van der Waals surface area (Å²) in [5.41, 5.74) is 0.237. The van der Waals surface area contributed by atoms with Gasteiger partial charge in [0.1, 0.15) is 0 Å². The van der Waals surface area contributed by atoms with Crippen molar-refractivity contribution < 1.29 is 4.79 Å². The highest BCUT2D eigenvalue weighted by molar-refractivity contribution is 5.93. The Morgan fingerprint density at radius 1 is 1.31 bits per heavy atom. The van der Waals surface area contributed by atoms with Crippen LogP contribution in [0.5, 0.6) is 0 Å². The maximum absolute atomic E-state index is 11.1. The van der Waals surface area contributed by atoms with Gasteiger partial charge in [-0.05, 0) is 43.8 Å². The van der Waals surface area contributed by atoms with Crippen LogP contribution in [0.15, 0.2) is 12.2 Å². The Morgan fingerprint density at radius 3 is 2.85 bits per heavy atom. The van der Waals surface area contributed by atoms with E-state index in [4.69, 9.17) is 0 Å². The quantitative estimate of drug-likeness (QED) is 0.618. The van der Waals surface area contributed by atoms with Crippen molar-refractivity contribution in [2.24, 2.45) is 5.41 Å². The molecule has 2 aliphatic rings. The molecule has 74 valence electrons. The molecule has 1 aliphatic carbocycles. The van der Waals surface area contributed by atoms with E-state index in [1.165, 1.54) is 12.8 Å². The van der Waals surface area contributed by atoms with Crippen molar-refractivity contribution in [1.82, 2.24) is 5.32 Å². The van der Waals surface area contributed by atoms with Gasteiger partial charge in [-0.1, -0.05) is 13.5 Å². The van der Waals surface area contributed by atoms with Gasteiger partial charge in [-0.25, -0.2) is 0 Å². The third-order valence-electron chi connectivity index (χ3n) is 2.98. The zero-order valence-electron chi connectivity index (χ0n) is 7.31. The molecule has 2 nitrogen and oxygen atoms in total. The normalized spacial score (nSPS) is 33.1. The minimum atomic E-state index is 0. The monoisotopic (exact) mass is 181 g/mol. The number of allylic oxidation sites excluding steroid dienone is 2. The summed E-state index contributed by atoms with van der Waals surface area (Å²) in [5, 5.41) is 3.37. The van der Waals surface area contributed by atoms with Gasteiger partial charge < -0.3 is 5.32 Å². The molecule has 0 saturated carbocycles. The summed E-state index contributed by atoms with van der Waals surface area (Å²) < 4.78 is 0. The van der Waals surface area contributed by atoms with Crippen LogP contribution in [0.25, 0.3) is 0 Å². The lowest BCUT2D eigenvalue weighted by molar-refractivity contribution is -0.115. The number of hydrogen-bond acceptors (Lipinski definition) is 2. The standard InChI is InChI=1S/C10H15NO.CH4/c12-9-2-4-10(8-9)3-1-6-11-7-5-10;/h2,4,11H,1,3,5-8H2;1H4. The summed E-state index contributed by atoms with van der Waals surface area (Å²) in [4.78, 5) is 11.1. The number of carbonyl (C=O) groups is 1. The van der Waals surface area contributed by atoms with Gasteiger partial charge in [-0.2, -0.15) is 0 Å². The van der Waals surface area contributed by atoms with Gasteiger partial charge in [0.05, 0.1) is 0 Å². The molecule has 1 spiro atoms. The zero-order valence-corrected chi connectivity index (χ0v) is 7.31. The fraction of sp³-hybridized carbons (Fsp3) is 0.727. The topological polar surface area (TPSA) is 29.1 Å². The molecule has 1 unspecified atom stereocenters. The largest absolute Gasteiger partial charge is 0.317 e. The third-order valence-corrected chi connectivity index (χ3v) is 2.98. The second-order valence-electron chi connectivity index (χ2n) is 3.94. The molecule has 0 amide bonds. The molecular formula is C11H19NO. The summed E-state index contributed by atoms with van der Waals surface area (Å²) in [6, 6.07) is 0. The lowest BCUT2D eigenvalue weighted by Crippen LogP contribution is -2.19. The Balaban J connectivity index is 0.000000845. The summed E-state index contributed by atoms with van der Waals surface area (Å²) in [6.07, 6.45) is 8.19. The predicted molar refractivity (Wildman–Crippen MR) is 54.6 cm³/mol. The van der Waals surface area contributed by atoms with Crippen molar-refractivity contribution in [3.8, 4) is 0 Å². The molecule has 13 heavy (non-hydrogen) atoms. The molecule has 0 aromatic rings. The van der Waals surface area contributed by atoms with E-state index in [0.717, 1.165) is 25.9 Å². The summed E-state index contributed by atoms with van der Waals surface area (Å²) in [7, 11) is 0. The molecule has 0 aromatic heterocycles. The number of rotatable bonds is 0.